The van der Waals surface area contributed by atoms with Crippen LogP contribution in [0.3, 0.4) is 0 Å². The molecule has 0 spiro atoms. The van der Waals surface area contributed by atoms with Gasteiger partial charge in [0.25, 0.3) is 5.19 Å². The van der Waals surface area contributed by atoms with Crippen molar-refractivity contribution in [2.45, 2.75) is 31.6 Å². The van der Waals surface area contributed by atoms with Crippen LogP contribution >= 0.6 is 11.5 Å². The minimum Gasteiger partial charge on any atom is -0.469 e. The zero-order valence-corrected chi connectivity index (χ0v) is 10.1. The van der Waals surface area contributed by atoms with Crippen molar-refractivity contribution in [2.75, 3.05) is 19.7 Å². The summed E-state index contributed by atoms with van der Waals surface area (Å²) < 4.78 is 9.97. The maximum absolute atomic E-state index is 5.64. The predicted molar refractivity (Wildman–Crippen MR) is 63.0 cm³/mol. The van der Waals surface area contributed by atoms with Crippen molar-refractivity contribution in [3.63, 3.8) is 0 Å². The first-order valence-corrected chi connectivity index (χ1v) is 6.86. The maximum atomic E-state index is 5.64. The Morgan fingerprint density at radius 3 is 3.06 bits per heavy atom. The third-order valence-corrected chi connectivity index (χ3v) is 3.92. The lowest BCUT2D eigenvalue weighted by atomic mass is 10.1. The van der Waals surface area contributed by atoms with Crippen molar-refractivity contribution in [2.24, 2.45) is 5.92 Å². The molecule has 4 nitrogen and oxygen atoms in total. The summed E-state index contributed by atoms with van der Waals surface area (Å²) in [6.45, 7) is 3.09. The van der Waals surface area contributed by atoms with Crippen LogP contribution < -0.4 is 10.1 Å². The highest BCUT2D eigenvalue weighted by Gasteiger charge is 2.28. The topological polar surface area (TPSA) is 47.0 Å². The van der Waals surface area contributed by atoms with Gasteiger partial charge in [0.05, 0.1) is 6.61 Å². The monoisotopic (exact) mass is 239 g/mol. The largest absolute Gasteiger partial charge is 0.469 e. The molecule has 2 fully saturated rings. The Bertz CT molecular complexity index is 345. The molecule has 0 amide bonds. The van der Waals surface area contributed by atoms with Gasteiger partial charge in [-0.25, -0.2) is 0 Å². The third-order valence-electron chi connectivity index (χ3n) is 3.28. The second kappa shape index (κ2) is 4.67. The molecular formula is C11H17N3OS. The third kappa shape index (κ3) is 2.52. The SMILES string of the molecule is C1CC(CCOc2nc(C3CC3)ns2)CN1. The summed E-state index contributed by atoms with van der Waals surface area (Å²) in [7, 11) is 0. The Morgan fingerprint density at radius 1 is 1.38 bits per heavy atom. The van der Waals surface area contributed by atoms with Gasteiger partial charge in [0.15, 0.2) is 0 Å². The predicted octanol–water partition coefficient (Wildman–Crippen LogP) is 1.79. The fourth-order valence-electron chi connectivity index (χ4n) is 2.06. The summed E-state index contributed by atoms with van der Waals surface area (Å²) in [4.78, 5) is 4.41. The van der Waals surface area contributed by atoms with Gasteiger partial charge in [-0.1, -0.05) is 0 Å². The van der Waals surface area contributed by atoms with Crippen LogP contribution in [-0.2, 0) is 0 Å². The van der Waals surface area contributed by atoms with Crippen LogP contribution in [0, 0.1) is 5.92 Å². The highest BCUT2D eigenvalue weighted by atomic mass is 32.1. The molecule has 1 aromatic rings. The zero-order chi connectivity index (χ0) is 10.8. The van der Waals surface area contributed by atoms with Gasteiger partial charge in [-0.15, -0.1) is 0 Å². The second-order valence-corrected chi connectivity index (χ2v) is 5.40. The van der Waals surface area contributed by atoms with Crippen molar-refractivity contribution < 1.29 is 4.74 Å². The van der Waals surface area contributed by atoms with Crippen LogP contribution in [0.1, 0.15) is 37.4 Å². The molecule has 1 N–H and O–H groups in total. The fraction of sp³-hybridized carbons (Fsp3) is 0.818. The van der Waals surface area contributed by atoms with Crippen molar-refractivity contribution in [3.05, 3.63) is 5.82 Å². The van der Waals surface area contributed by atoms with Crippen LogP contribution in [0.5, 0.6) is 5.19 Å². The molecule has 1 unspecified atom stereocenters. The number of nitrogens with one attached hydrogen (secondary N) is 1. The first-order chi connectivity index (χ1) is 7.92. The highest BCUT2D eigenvalue weighted by Crippen LogP contribution is 2.39. The van der Waals surface area contributed by atoms with E-state index in [9.17, 15) is 0 Å². The van der Waals surface area contributed by atoms with E-state index in [1.807, 2.05) is 0 Å². The minimum atomic E-state index is 0.632. The van der Waals surface area contributed by atoms with E-state index < -0.39 is 0 Å². The van der Waals surface area contributed by atoms with Crippen LogP contribution in [-0.4, -0.2) is 29.1 Å². The van der Waals surface area contributed by atoms with E-state index in [-0.39, 0.29) is 0 Å². The number of nitrogens with zero attached hydrogens (tertiary/aromatic N) is 2. The summed E-state index contributed by atoms with van der Waals surface area (Å²) in [6, 6.07) is 0. The highest BCUT2D eigenvalue weighted by molar-refractivity contribution is 7.07. The molecule has 1 atom stereocenters. The van der Waals surface area contributed by atoms with Crippen molar-refractivity contribution in [1.29, 1.82) is 0 Å². The standard InChI is InChI=1S/C11H17N3OS/c1-2-9(1)10-13-11(16-14-10)15-6-4-8-3-5-12-7-8/h8-9,12H,1-7H2. The van der Waals surface area contributed by atoms with Gasteiger partial charge in [-0.3, -0.25) is 0 Å². The Labute approximate surface area is 99.6 Å². The van der Waals surface area contributed by atoms with E-state index >= 15 is 0 Å². The van der Waals surface area contributed by atoms with Gasteiger partial charge < -0.3 is 10.1 Å². The summed E-state index contributed by atoms with van der Waals surface area (Å²) >= 11 is 1.40. The molecule has 1 aliphatic carbocycles. The molecule has 16 heavy (non-hydrogen) atoms. The number of hydrogen-bond acceptors (Lipinski definition) is 5. The Morgan fingerprint density at radius 2 is 2.31 bits per heavy atom. The number of rotatable bonds is 5. The van der Waals surface area contributed by atoms with Crippen molar-refractivity contribution in [3.8, 4) is 5.19 Å². The molecule has 5 heteroatoms. The molecule has 1 saturated carbocycles. The van der Waals surface area contributed by atoms with Crippen LogP contribution in [0.25, 0.3) is 0 Å². The molecule has 3 rings (SSSR count). The fourth-order valence-corrected chi connectivity index (χ4v) is 2.69. The number of aromatic nitrogens is 2. The van der Waals surface area contributed by atoms with E-state index in [2.05, 4.69) is 14.7 Å². The summed E-state index contributed by atoms with van der Waals surface area (Å²) in [5, 5.41) is 4.12. The van der Waals surface area contributed by atoms with E-state index in [4.69, 9.17) is 4.74 Å². The van der Waals surface area contributed by atoms with Gasteiger partial charge in [0.2, 0.25) is 0 Å². The summed E-state index contributed by atoms with van der Waals surface area (Å²) in [6.07, 6.45) is 4.92. The first kappa shape index (κ1) is 10.5. The van der Waals surface area contributed by atoms with Crippen LogP contribution in [0.4, 0.5) is 0 Å². The Hall–Kier alpha value is -0.680. The molecule has 2 aliphatic rings. The molecule has 2 heterocycles. The molecule has 1 aliphatic heterocycles. The normalized spacial score (nSPS) is 24.9. The maximum Gasteiger partial charge on any atom is 0.293 e. The Kier molecular flexibility index (Phi) is 3.06. The van der Waals surface area contributed by atoms with Crippen LogP contribution in [0.15, 0.2) is 0 Å². The van der Waals surface area contributed by atoms with Gasteiger partial charge in [-0.2, -0.15) is 9.36 Å². The summed E-state index contributed by atoms with van der Waals surface area (Å²) in [5.41, 5.74) is 0. The first-order valence-electron chi connectivity index (χ1n) is 6.09. The smallest absolute Gasteiger partial charge is 0.293 e. The lowest BCUT2D eigenvalue weighted by Gasteiger charge is -2.07. The van der Waals surface area contributed by atoms with Gasteiger partial charge >= 0.3 is 0 Å². The average Bonchev–Trinajstić information content (AvgIpc) is 2.83. The number of hydrogen-bond donors (Lipinski definition) is 1. The van der Waals surface area contributed by atoms with E-state index in [0.717, 1.165) is 43.1 Å². The lowest BCUT2D eigenvalue weighted by molar-refractivity contribution is 0.282. The van der Waals surface area contributed by atoms with Gasteiger partial charge in [-0.05, 0) is 44.7 Å². The second-order valence-electron chi connectivity index (χ2n) is 4.69. The molecule has 1 aromatic heterocycles. The molecular weight excluding hydrogens is 222 g/mol. The molecule has 0 radical (unpaired) electrons. The average molecular weight is 239 g/mol. The van der Waals surface area contributed by atoms with Gasteiger partial charge in [0.1, 0.15) is 5.82 Å². The van der Waals surface area contributed by atoms with E-state index in [1.54, 1.807) is 0 Å². The number of ether oxygens (including phenoxy) is 1. The Balaban J connectivity index is 1.42. The minimum absolute atomic E-state index is 0.632. The summed E-state index contributed by atoms with van der Waals surface area (Å²) in [5.74, 6) is 2.42. The molecule has 88 valence electrons. The van der Waals surface area contributed by atoms with Crippen molar-refractivity contribution >= 4 is 11.5 Å². The van der Waals surface area contributed by atoms with E-state index in [1.165, 1.54) is 30.8 Å². The van der Waals surface area contributed by atoms with Crippen molar-refractivity contribution in [1.82, 2.24) is 14.7 Å². The van der Waals surface area contributed by atoms with Crippen LogP contribution in [0.2, 0.25) is 0 Å². The molecule has 0 bridgehead atoms. The molecule has 1 saturated heterocycles. The zero-order valence-electron chi connectivity index (χ0n) is 9.32. The van der Waals surface area contributed by atoms with Gasteiger partial charge in [0, 0.05) is 17.5 Å². The lowest BCUT2D eigenvalue weighted by Crippen LogP contribution is -2.11. The molecule has 0 aromatic carbocycles. The van der Waals surface area contributed by atoms with E-state index in [0.29, 0.717) is 5.92 Å². The quantitative estimate of drug-likeness (QED) is 0.851.